The van der Waals surface area contributed by atoms with Gasteiger partial charge < -0.3 is 29.6 Å². The third-order valence-corrected chi connectivity index (χ3v) is 16.3. The molecule has 1 aromatic carbocycles. The largest absolute Gasteiger partial charge is 0.445 e. The van der Waals surface area contributed by atoms with Crippen molar-refractivity contribution in [3.63, 3.8) is 0 Å². The highest BCUT2D eigenvalue weighted by Gasteiger charge is 2.68. The first-order chi connectivity index (χ1) is 25.9. The van der Waals surface area contributed by atoms with Crippen molar-refractivity contribution in [2.75, 3.05) is 6.61 Å². The van der Waals surface area contributed by atoms with Crippen molar-refractivity contribution >= 4 is 28.4 Å². The molecule has 5 aliphatic carbocycles. The summed E-state index contributed by atoms with van der Waals surface area (Å²) in [6.45, 7) is 21.9. The van der Waals surface area contributed by atoms with Crippen LogP contribution in [0, 0.1) is 28.6 Å². The maximum atomic E-state index is 14.9. The second kappa shape index (κ2) is 12.2. The molecule has 0 radical (unpaired) electrons. The third-order valence-electron chi connectivity index (χ3n) is 16.3. The van der Waals surface area contributed by atoms with Crippen LogP contribution in [0.15, 0.2) is 36.4 Å². The zero-order chi connectivity index (χ0) is 39.2. The Morgan fingerprint density at radius 1 is 1.05 bits per heavy atom. The lowest BCUT2D eigenvalue weighted by atomic mass is 9.40. The van der Waals surface area contributed by atoms with Gasteiger partial charge in [0, 0.05) is 39.4 Å². The quantitative estimate of drug-likeness (QED) is 0.263. The van der Waals surface area contributed by atoms with E-state index in [-0.39, 0.29) is 47.2 Å². The summed E-state index contributed by atoms with van der Waals surface area (Å²) in [7, 11) is 0. The van der Waals surface area contributed by atoms with Crippen LogP contribution in [0.1, 0.15) is 158 Å². The number of carbonyl (C=O) groups excluding carboxylic acids is 2. The highest BCUT2D eigenvalue weighted by atomic mass is 16.5. The number of nitrogens with one attached hydrogen (secondary N) is 1. The number of allylic oxidation sites excluding steroid dienone is 1. The van der Waals surface area contributed by atoms with Crippen LogP contribution in [0.25, 0.3) is 16.5 Å². The SMILES string of the molecule is C=C(C)[C@H]1C(=O)c2c3c(cc4c5c(n1c24)[C@@]1(C)C(CC[C@H]2[C@](C)(/C=C/COC(=O)NC4CCCCC4)[C@@H](O)CC[C@@]21C)C5)C1=CC(C)(C)OC(C)(C)C1[C@@H]3O. The van der Waals surface area contributed by atoms with Crippen LogP contribution in [0.2, 0.25) is 0 Å². The van der Waals surface area contributed by atoms with Crippen molar-refractivity contribution in [1.82, 2.24) is 9.88 Å². The molecule has 2 aromatic rings. The Morgan fingerprint density at radius 2 is 1.78 bits per heavy atom. The summed E-state index contributed by atoms with van der Waals surface area (Å²) in [5, 5.41) is 28.2. The summed E-state index contributed by atoms with van der Waals surface area (Å²) in [4.78, 5) is 27.6. The molecule has 8 nitrogen and oxygen atoms in total. The molecule has 55 heavy (non-hydrogen) atoms. The first kappa shape index (κ1) is 37.4. The van der Waals surface area contributed by atoms with E-state index in [0.717, 1.165) is 84.5 Å². The molecule has 0 bridgehead atoms. The van der Waals surface area contributed by atoms with Gasteiger partial charge in [0.2, 0.25) is 0 Å². The van der Waals surface area contributed by atoms with E-state index in [1.165, 1.54) is 17.7 Å². The van der Waals surface area contributed by atoms with Gasteiger partial charge in [-0.15, -0.1) is 0 Å². The molecule has 0 spiro atoms. The van der Waals surface area contributed by atoms with Crippen molar-refractivity contribution in [2.24, 2.45) is 28.6 Å². The maximum Gasteiger partial charge on any atom is 0.407 e. The summed E-state index contributed by atoms with van der Waals surface area (Å²) in [6.07, 6.45) is 14.6. The summed E-state index contributed by atoms with van der Waals surface area (Å²) >= 11 is 0. The molecule has 1 amide bonds. The predicted octanol–water partition coefficient (Wildman–Crippen LogP) is 9.21. The van der Waals surface area contributed by atoms with Crippen molar-refractivity contribution in [1.29, 1.82) is 0 Å². The lowest BCUT2D eigenvalue weighted by Gasteiger charge is -2.64. The van der Waals surface area contributed by atoms with Gasteiger partial charge in [-0.25, -0.2) is 4.79 Å². The number of hydrogen-bond acceptors (Lipinski definition) is 6. The van der Waals surface area contributed by atoms with Gasteiger partial charge in [0.1, 0.15) is 12.6 Å². The Bertz CT molecular complexity index is 2080. The number of aliphatic hydroxyl groups is 2. The molecule has 8 heteroatoms. The molecule has 9 atom stereocenters. The molecule has 0 saturated heterocycles. The van der Waals surface area contributed by atoms with Gasteiger partial charge in [-0.05, 0) is 126 Å². The Kier molecular flexibility index (Phi) is 8.26. The molecule has 3 saturated carbocycles. The zero-order valence-electron chi connectivity index (χ0n) is 34.3. The molecular formula is C47H62N2O6. The van der Waals surface area contributed by atoms with Crippen LogP contribution < -0.4 is 5.32 Å². The average molecular weight is 751 g/mol. The summed E-state index contributed by atoms with van der Waals surface area (Å²) in [6, 6.07) is 1.97. The second-order valence-electron chi connectivity index (χ2n) is 20.3. The van der Waals surface area contributed by atoms with Gasteiger partial charge in [0.05, 0.1) is 34.5 Å². The summed E-state index contributed by atoms with van der Waals surface area (Å²) in [5.41, 5.74) is 5.76. The number of Topliss-reactive ketones (excluding diaryl/α,β-unsaturated/α-hetero) is 1. The number of fused-ring (bicyclic) bond motifs is 11. The number of nitrogens with zero attached hydrogens (tertiary/aromatic N) is 1. The normalized spacial score (nSPS) is 38.3. The zero-order valence-corrected chi connectivity index (χ0v) is 34.3. The van der Waals surface area contributed by atoms with Gasteiger partial charge in [-0.3, -0.25) is 4.79 Å². The first-order valence-corrected chi connectivity index (χ1v) is 21.2. The molecule has 2 aliphatic heterocycles. The number of aromatic nitrogens is 1. The molecule has 7 aliphatic rings. The second-order valence-corrected chi connectivity index (χ2v) is 20.3. The van der Waals surface area contributed by atoms with Crippen LogP contribution in [0.3, 0.4) is 0 Å². The van der Waals surface area contributed by atoms with Gasteiger partial charge in [0.25, 0.3) is 0 Å². The molecule has 3 N–H and O–H groups in total. The monoisotopic (exact) mass is 750 g/mol. The van der Waals surface area contributed by atoms with Crippen LogP contribution in [-0.2, 0) is 21.3 Å². The van der Waals surface area contributed by atoms with E-state index in [4.69, 9.17) is 9.47 Å². The van der Waals surface area contributed by atoms with Gasteiger partial charge in [-0.2, -0.15) is 0 Å². The van der Waals surface area contributed by atoms with E-state index in [1.807, 2.05) is 13.0 Å². The highest BCUT2D eigenvalue weighted by molar-refractivity contribution is 6.18. The van der Waals surface area contributed by atoms with E-state index < -0.39 is 34.9 Å². The van der Waals surface area contributed by atoms with E-state index in [1.54, 1.807) is 0 Å². The van der Waals surface area contributed by atoms with Crippen LogP contribution in [-0.4, -0.2) is 56.6 Å². The fourth-order valence-electron chi connectivity index (χ4n) is 14.0. The summed E-state index contributed by atoms with van der Waals surface area (Å²) in [5.74, 6) is 0.317. The van der Waals surface area contributed by atoms with Crippen molar-refractivity contribution < 1.29 is 29.3 Å². The topological polar surface area (TPSA) is 110 Å². The molecular weight excluding hydrogens is 689 g/mol. The minimum Gasteiger partial charge on any atom is -0.445 e. The minimum atomic E-state index is -0.854. The molecule has 9 rings (SSSR count). The molecule has 3 fully saturated rings. The first-order valence-electron chi connectivity index (χ1n) is 21.2. The van der Waals surface area contributed by atoms with Crippen LogP contribution in [0.4, 0.5) is 4.79 Å². The number of ketones is 1. The van der Waals surface area contributed by atoms with E-state index in [9.17, 15) is 19.8 Å². The molecule has 3 heterocycles. The van der Waals surface area contributed by atoms with Gasteiger partial charge in [-0.1, -0.05) is 64.3 Å². The van der Waals surface area contributed by atoms with E-state index in [0.29, 0.717) is 17.9 Å². The number of ether oxygens (including phenoxy) is 2. The van der Waals surface area contributed by atoms with Crippen molar-refractivity contribution in [2.45, 2.75) is 161 Å². The minimum absolute atomic E-state index is 0.0346. The maximum absolute atomic E-state index is 14.9. The molecule has 2 unspecified atom stereocenters. The lowest BCUT2D eigenvalue weighted by Crippen LogP contribution is -2.62. The van der Waals surface area contributed by atoms with Gasteiger partial charge in [0.15, 0.2) is 5.78 Å². The van der Waals surface area contributed by atoms with Crippen LogP contribution in [0.5, 0.6) is 0 Å². The lowest BCUT2D eigenvalue weighted by molar-refractivity contribution is -0.145. The number of rotatable bonds is 5. The van der Waals surface area contributed by atoms with E-state index >= 15 is 0 Å². The fourth-order valence-corrected chi connectivity index (χ4v) is 14.0. The molecule has 1 aromatic heterocycles. The van der Waals surface area contributed by atoms with Crippen molar-refractivity contribution in [3.05, 3.63) is 64.4 Å². The van der Waals surface area contributed by atoms with Crippen molar-refractivity contribution in [3.8, 4) is 0 Å². The number of alkyl carbamates (subject to hydrolysis) is 1. The Balaban J connectivity index is 1.13. The number of aliphatic hydroxyl groups excluding tert-OH is 2. The van der Waals surface area contributed by atoms with Crippen LogP contribution >= 0.6 is 0 Å². The average Bonchev–Trinajstić information content (AvgIpc) is 3.78. The Morgan fingerprint density at radius 3 is 2.49 bits per heavy atom. The number of hydrogen-bond donors (Lipinski definition) is 3. The predicted molar refractivity (Wildman–Crippen MR) is 215 cm³/mol. The fraction of sp³-hybridized carbons (Fsp3) is 0.660. The smallest absolute Gasteiger partial charge is 0.407 e. The van der Waals surface area contributed by atoms with E-state index in [2.05, 4.69) is 83.1 Å². The summed E-state index contributed by atoms with van der Waals surface area (Å²) < 4.78 is 14.5. The Hall–Kier alpha value is -3.20. The highest BCUT2D eigenvalue weighted by Crippen LogP contribution is 2.71. The standard InChI is InChI=1S/C47H62N2O6/c1-25(2)37-40(52)35-34-28(31-24-43(3,4)55-44(5,6)36(31)39(34)51)23-29-30-22-26-16-17-32-45(7,19-13-21-54-42(53)48-27-14-11-10-12-15-27)33(50)18-20-46(32,8)47(26,9)41(30)49(37)38(29)35/h13,19,23-24,26-27,32-33,36-37,39,50-51H,1,10-12,14-18,20-22H2,2-9H3,(H,48,53)/b19-13+/t26?,32-,33-,36?,37-,39+,45-,46-,47+/m0/s1. The number of carbonyl (C=O) groups is 2. The Labute approximate surface area is 326 Å². The molecule has 296 valence electrons. The third kappa shape index (κ3) is 4.98. The van der Waals surface area contributed by atoms with Gasteiger partial charge >= 0.3 is 6.09 Å². The number of benzene rings is 1. The number of amides is 1.